The first-order chi connectivity index (χ1) is 7.04. The number of hydrogen-bond donors (Lipinski definition) is 1. The van der Waals surface area contributed by atoms with E-state index in [4.69, 9.17) is 9.47 Å². The Bertz CT molecular complexity index is 412. The molecule has 0 saturated heterocycles. The highest BCUT2D eigenvalue weighted by atomic mass is 16.5. The molecule has 0 unspecified atom stereocenters. The number of carbonyl (C=O) groups excluding carboxylic acids is 1. The first-order valence-electron chi connectivity index (χ1n) is 4.72. The van der Waals surface area contributed by atoms with E-state index in [-0.39, 0.29) is 5.91 Å². The van der Waals surface area contributed by atoms with Gasteiger partial charge in [-0.15, -0.1) is 0 Å². The third kappa shape index (κ3) is 1.52. The summed E-state index contributed by atoms with van der Waals surface area (Å²) in [6.45, 7) is 3.45. The second-order valence-corrected chi connectivity index (χ2v) is 3.90. The zero-order valence-electron chi connectivity index (χ0n) is 8.96. The summed E-state index contributed by atoms with van der Waals surface area (Å²) in [4.78, 5) is 11.7. The molecule has 1 aliphatic rings. The minimum absolute atomic E-state index is 0.167. The quantitative estimate of drug-likeness (QED) is 0.763. The summed E-state index contributed by atoms with van der Waals surface area (Å²) in [7, 11) is 1.56. The van der Waals surface area contributed by atoms with Crippen LogP contribution in [0.1, 0.15) is 13.8 Å². The molecule has 2 rings (SSSR count). The number of nitrogens with one attached hydrogen (secondary N) is 1. The maximum absolute atomic E-state index is 11.7. The van der Waals surface area contributed by atoms with E-state index in [2.05, 4.69) is 5.32 Å². The lowest BCUT2D eigenvalue weighted by atomic mass is 10.1. The number of anilines is 1. The Balaban J connectivity index is 2.49. The summed E-state index contributed by atoms with van der Waals surface area (Å²) in [5.41, 5.74) is -0.233. The molecule has 0 radical (unpaired) electrons. The largest absolute Gasteiger partial charge is 0.494 e. The Hall–Kier alpha value is -1.71. The van der Waals surface area contributed by atoms with Crippen LogP contribution in [0.25, 0.3) is 0 Å². The predicted octanol–water partition coefficient (Wildman–Crippen LogP) is 1.80. The smallest absolute Gasteiger partial charge is 0.268 e. The minimum Gasteiger partial charge on any atom is -0.494 e. The molecular weight excluding hydrogens is 194 g/mol. The van der Waals surface area contributed by atoms with E-state index < -0.39 is 5.60 Å². The fourth-order valence-corrected chi connectivity index (χ4v) is 1.47. The van der Waals surface area contributed by atoms with Crippen molar-refractivity contribution in [3.05, 3.63) is 18.2 Å². The molecule has 0 aromatic heterocycles. The number of methoxy groups -OCH3 is 1. The Morgan fingerprint density at radius 1 is 1.40 bits per heavy atom. The molecule has 4 nitrogen and oxygen atoms in total. The van der Waals surface area contributed by atoms with Crippen LogP contribution < -0.4 is 14.8 Å². The molecule has 0 saturated carbocycles. The van der Waals surface area contributed by atoms with E-state index in [1.54, 1.807) is 33.1 Å². The van der Waals surface area contributed by atoms with Gasteiger partial charge in [0.25, 0.3) is 5.91 Å². The number of hydrogen-bond acceptors (Lipinski definition) is 3. The van der Waals surface area contributed by atoms with Crippen molar-refractivity contribution in [1.82, 2.24) is 0 Å². The van der Waals surface area contributed by atoms with Gasteiger partial charge in [0.1, 0.15) is 17.2 Å². The molecule has 15 heavy (non-hydrogen) atoms. The van der Waals surface area contributed by atoms with Crippen LogP contribution in [0.4, 0.5) is 5.69 Å². The number of rotatable bonds is 1. The second kappa shape index (κ2) is 3.15. The fourth-order valence-electron chi connectivity index (χ4n) is 1.47. The van der Waals surface area contributed by atoms with E-state index in [1.807, 2.05) is 6.07 Å². The van der Waals surface area contributed by atoms with Gasteiger partial charge in [-0.25, -0.2) is 0 Å². The Morgan fingerprint density at radius 2 is 2.13 bits per heavy atom. The van der Waals surface area contributed by atoms with Crippen molar-refractivity contribution in [3.63, 3.8) is 0 Å². The highest BCUT2D eigenvalue weighted by Crippen LogP contribution is 2.39. The standard InChI is InChI=1S/C11H13NO3/c1-11(2)10(13)12-9-7(14-3)5-4-6-8(9)15-11/h4-6H,1-3H3,(H,12,13). The van der Waals surface area contributed by atoms with Crippen molar-refractivity contribution in [1.29, 1.82) is 0 Å². The van der Waals surface area contributed by atoms with Gasteiger partial charge in [-0.1, -0.05) is 6.07 Å². The first-order valence-corrected chi connectivity index (χ1v) is 4.72. The molecule has 1 aliphatic heterocycles. The molecule has 1 aromatic rings. The summed E-state index contributed by atoms with van der Waals surface area (Å²) < 4.78 is 10.7. The van der Waals surface area contributed by atoms with Crippen LogP contribution in [0.3, 0.4) is 0 Å². The van der Waals surface area contributed by atoms with E-state index in [0.29, 0.717) is 17.2 Å². The van der Waals surface area contributed by atoms with Crippen LogP contribution in [0.5, 0.6) is 11.5 Å². The van der Waals surface area contributed by atoms with Crippen LogP contribution in [-0.2, 0) is 4.79 Å². The summed E-state index contributed by atoms with van der Waals surface area (Å²) in [6.07, 6.45) is 0. The van der Waals surface area contributed by atoms with Crippen molar-refractivity contribution in [2.24, 2.45) is 0 Å². The van der Waals surface area contributed by atoms with Crippen molar-refractivity contribution in [3.8, 4) is 11.5 Å². The molecule has 1 aromatic carbocycles. The number of ether oxygens (including phenoxy) is 2. The second-order valence-electron chi connectivity index (χ2n) is 3.90. The molecule has 0 aliphatic carbocycles. The molecule has 1 N–H and O–H groups in total. The summed E-state index contributed by atoms with van der Waals surface area (Å²) in [5.74, 6) is 1.08. The monoisotopic (exact) mass is 207 g/mol. The lowest BCUT2D eigenvalue weighted by Gasteiger charge is -2.32. The molecule has 80 valence electrons. The number of carbonyl (C=O) groups is 1. The van der Waals surface area contributed by atoms with Crippen LogP contribution in [0.2, 0.25) is 0 Å². The Morgan fingerprint density at radius 3 is 2.80 bits per heavy atom. The van der Waals surface area contributed by atoms with E-state index in [9.17, 15) is 4.79 Å². The lowest BCUT2D eigenvalue weighted by molar-refractivity contribution is -0.129. The number of benzene rings is 1. The van der Waals surface area contributed by atoms with Gasteiger partial charge in [0, 0.05) is 0 Å². The van der Waals surface area contributed by atoms with Crippen LogP contribution in [-0.4, -0.2) is 18.6 Å². The van der Waals surface area contributed by atoms with Gasteiger partial charge in [-0.05, 0) is 26.0 Å². The molecule has 1 amide bonds. The van der Waals surface area contributed by atoms with Gasteiger partial charge < -0.3 is 14.8 Å². The molecule has 4 heteroatoms. The van der Waals surface area contributed by atoms with Gasteiger partial charge in [0.2, 0.25) is 0 Å². The van der Waals surface area contributed by atoms with Crippen LogP contribution in [0.15, 0.2) is 18.2 Å². The highest BCUT2D eigenvalue weighted by Gasteiger charge is 2.36. The maximum atomic E-state index is 11.7. The zero-order valence-corrected chi connectivity index (χ0v) is 8.96. The summed E-state index contributed by atoms with van der Waals surface area (Å²) in [5, 5.41) is 2.78. The van der Waals surface area contributed by atoms with Gasteiger partial charge in [0.05, 0.1) is 7.11 Å². The molecule has 1 heterocycles. The SMILES string of the molecule is COc1cccc2c1NC(=O)C(C)(C)O2. The van der Waals surface area contributed by atoms with Crippen molar-refractivity contribution < 1.29 is 14.3 Å². The lowest BCUT2D eigenvalue weighted by Crippen LogP contribution is -2.45. The fraction of sp³-hybridized carbons (Fsp3) is 0.364. The molecule has 0 bridgehead atoms. The van der Waals surface area contributed by atoms with Gasteiger partial charge in [0.15, 0.2) is 5.60 Å². The van der Waals surface area contributed by atoms with E-state index >= 15 is 0 Å². The van der Waals surface area contributed by atoms with Crippen molar-refractivity contribution in [2.75, 3.05) is 12.4 Å². The minimum atomic E-state index is -0.834. The Kier molecular flexibility index (Phi) is 2.07. The molecular formula is C11H13NO3. The predicted molar refractivity (Wildman–Crippen MR) is 56.3 cm³/mol. The van der Waals surface area contributed by atoms with E-state index in [0.717, 1.165) is 0 Å². The van der Waals surface area contributed by atoms with Crippen molar-refractivity contribution >= 4 is 11.6 Å². The van der Waals surface area contributed by atoms with Crippen molar-refractivity contribution in [2.45, 2.75) is 19.4 Å². The molecule has 0 fully saturated rings. The number of amides is 1. The normalized spacial score (nSPS) is 17.4. The van der Waals surface area contributed by atoms with E-state index in [1.165, 1.54) is 0 Å². The van der Waals surface area contributed by atoms with Crippen LogP contribution >= 0.6 is 0 Å². The maximum Gasteiger partial charge on any atom is 0.268 e. The third-order valence-corrected chi connectivity index (χ3v) is 2.36. The van der Waals surface area contributed by atoms with Gasteiger partial charge >= 0.3 is 0 Å². The van der Waals surface area contributed by atoms with Crippen LogP contribution in [0, 0.1) is 0 Å². The Labute approximate surface area is 88.2 Å². The number of para-hydroxylation sites is 1. The topological polar surface area (TPSA) is 47.6 Å². The number of fused-ring (bicyclic) bond motifs is 1. The highest BCUT2D eigenvalue weighted by molar-refractivity contribution is 6.01. The van der Waals surface area contributed by atoms with Gasteiger partial charge in [-0.2, -0.15) is 0 Å². The van der Waals surface area contributed by atoms with Gasteiger partial charge in [-0.3, -0.25) is 4.79 Å². The molecule has 0 spiro atoms. The average molecular weight is 207 g/mol. The first kappa shape index (κ1) is 9.83. The average Bonchev–Trinajstić information content (AvgIpc) is 2.18. The summed E-state index contributed by atoms with van der Waals surface area (Å²) >= 11 is 0. The molecule has 0 atom stereocenters. The third-order valence-electron chi connectivity index (χ3n) is 2.36. The summed E-state index contributed by atoms with van der Waals surface area (Å²) in [6, 6.07) is 5.41. The zero-order chi connectivity index (χ0) is 11.1.